The van der Waals surface area contributed by atoms with Gasteiger partial charge in [-0.25, -0.2) is 4.79 Å². The number of carbonyl (C=O) groups excluding carboxylic acids is 1. The molecule has 0 saturated carbocycles. The lowest BCUT2D eigenvalue weighted by molar-refractivity contribution is 0.0520. The van der Waals surface area contributed by atoms with Gasteiger partial charge in [-0.05, 0) is 25.7 Å². The standard InChI is InChI=1S/C15H24N4O2S/c1-10(2)14-18-17-13(22-14)9-16-15(20)19-7-3-5-11(19)12-6-4-8-21-12/h10-12H,3-9H2,1-2H3,(H,16,20)/t11-,12+/m0/s1. The molecule has 2 saturated heterocycles. The Morgan fingerprint density at radius 1 is 1.41 bits per heavy atom. The zero-order chi connectivity index (χ0) is 15.5. The van der Waals surface area contributed by atoms with Crippen LogP contribution in [0.5, 0.6) is 0 Å². The van der Waals surface area contributed by atoms with Gasteiger partial charge in [0.1, 0.15) is 10.0 Å². The van der Waals surface area contributed by atoms with E-state index in [9.17, 15) is 4.79 Å². The average Bonchev–Trinajstić information content (AvgIpc) is 3.23. The van der Waals surface area contributed by atoms with Gasteiger partial charge in [0.2, 0.25) is 0 Å². The lowest BCUT2D eigenvalue weighted by Crippen LogP contribution is -2.47. The number of amides is 2. The van der Waals surface area contributed by atoms with Gasteiger partial charge in [0.25, 0.3) is 0 Å². The third-order valence-electron chi connectivity index (χ3n) is 4.32. The van der Waals surface area contributed by atoms with Gasteiger partial charge in [0, 0.05) is 19.1 Å². The molecule has 1 N–H and O–H groups in total. The third-order valence-corrected chi connectivity index (χ3v) is 5.55. The van der Waals surface area contributed by atoms with Gasteiger partial charge in [0.05, 0.1) is 18.7 Å². The van der Waals surface area contributed by atoms with Crippen molar-refractivity contribution >= 4 is 17.4 Å². The van der Waals surface area contributed by atoms with Crippen LogP contribution in [-0.4, -0.2) is 46.4 Å². The first kappa shape index (κ1) is 15.7. The lowest BCUT2D eigenvalue weighted by Gasteiger charge is -2.28. The molecule has 0 aromatic carbocycles. The molecule has 1 aromatic rings. The first-order chi connectivity index (χ1) is 10.6. The molecule has 2 aliphatic heterocycles. The van der Waals surface area contributed by atoms with Gasteiger partial charge in [-0.15, -0.1) is 10.2 Å². The molecule has 3 rings (SSSR count). The van der Waals surface area contributed by atoms with E-state index in [0.29, 0.717) is 12.5 Å². The van der Waals surface area contributed by atoms with E-state index in [1.54, 1.807) is 11.3 Å². The third kappa shape index (κ3) is 3.41. The van der Waals surface area contributed by atoms with Crippen LogP contribution in [0.15, 0.2) is 0 Å². The minimum absolute atomic E-state index is 0.000651. The fraction of sp³-hybridized carbons (Fsp3) is 0.800. The first-order valence-electron chi connectivity index (χ1n) is 8.13. The number of aromatic nitrogens is 2. The zero-order valence-corrected chi connectivity index (χ0v) is 14.1. The van der Waals surface area contributed by atoms with Crippen LogP contribution in [0.25, 0.3) is 0 Å². The normalized spacial score (nSPS) is 25.1. The Hall–Kier alpha value is -1.21. The maximum Gasteiger partial charge on any atom is 0.318 e. The molecule has 2 atom stereocenters. The van der Waals surface area contributed by atoms with Crippen molar-refractivity contribution in [2.75, 3.05) is 13.2 Å². The molecule has 122 valence electrons. The van der Waals surface area contributed by atoms with Crippen LogP contribution in [0.3, 0.4) is 0 Å². The summed E-state index contributed by atoms with van der Waals surface area (Å²) in [6.07, 6.45) is 4.52. The number of urea groups is 1. The van der Waals surface area contributed by atoms with E-state index in [-0.39, 0.29) is 18.2 Å². The number of nitrogens with one attached hydrogen (secondary N) is 1. The molecule has 6 nitrogen and oxygen atoms in total. The summed E-state index contributed by atoms with van der Waals surface area (Å²) in [4.78, 5) is 14.4. The van der Waals surface area contributed by atoms with Crippen molar-refractivity contribution in [3.05, 3.63) is 10.0 Å². The number of likely N-dealkylation sites (tertiary alicyclic amines) is 1. The van der Waals surface area contributed by atoms with Gasteiger partial charge in [-0.2, -0.15) is 0 Å². The molecule has 2 amide bonds. The second kappa shape index (κ2) is 6.91. The number of ether oxygens (including phenoxy) is 1. The molecule has 0 spiro atoms. The average molecular weight is 324 g/mol. The largest absolute Gasteiger partial charge is 0.376 e. The summed E-state index contributed by atoms with van der Waals surface area (Å²) >= 11 is 1.57. The van der Waals surface area contributed by atoms with Gasteiger partial charge < -0.3 is 15.0 Å². The summed E-state index contributed by atoms with van der Waals surface area (Å²) in [6.45, 7) is 6.31. The Balaban J connectivity index is 1.54. The number of carbonyl (C=O) groups is 1. The highest BCUT2D eigenvalue weighted by atomic mass is 32.1. The van der Waals surface area contributed by atoms with Gasteiger partial charge in [-0.1, -0.05) is 25.2 Å². The van der Waals surface area contributed by atoms with Crippen LogP contribution >= 0.6 is 11.3 Å². The number of rotatable bonds is 4. The van der Waals surface area contributed by atoms with Crippen molar-refractivity contribution in [2.45, 2.75) is 64.1 Å². The zero-order valence-electron chi connectivity index (χ0n) is 13.2. The van der Waals surface area contributed by atoms with Crippen LogP contribution in [0, 0.1) is 0 Å². The molecule has 3 heterocycles. The first-order valence-corrected chi connectivity index (χ1v) is 8.95. The number of hydrogen-bond acceptors (Lipinski definition) is 5. The monoisotopic (exact) mass is 324 g/mol. The topological polar surface area (TPSA) is 67.4 Å². The highest BCUT2D eigenvalue weighted by Crippen LogP contribution is 2.28. The molecule has 0 bridgehead atoms. The van der Waals surface area contributed by atoms with Crippen LogP contribution in [0.2, 0.25) is 0 Å². The van der Waals surface area contributed by atoms with E-state index in [1.807, 2.05) is 4.90 Å². The molecule has 0 unspecified atom stereocenters. The van der Waals surface area contributed by atoms with Gasteiger partial charge in [0.15, 0.2) is 0 Å². The SMILES string of the molecule is CC(C)c1nnc(CNC(=O)N2CCC[C@H]2[C@H]2CCCO2)s1. The van der Waals surface area contributed by atoms with E-state index in [2.05, 4.69) is 29.4 Å². The van der Waals surface area contributed by atoms with Crippen molar-refractivity contribution < 1.29 is 9.53 Å². The smallest absolute Gasteiger partial charge is 0.318 e. The van der Waals surface area contributed by atoms with Crippen LogP contribution in [-0.2, 0) is 11.3 Å². The summed E-state index contributed by atoms with van der Waals surface area (Å²) in [7, 11) is 0. The van der Waals surface area contributed by atoms with Crippen LogP contribution in [0.1, 0.15) is 55.5 Å². The molecule has 2 aliphatic rings. The quantitative estimate of drug-likeness (QED) is 0.924. The Kier molecular flexibility index (Phi) is 4.93. The Bertz CT molecular complexity index is 513. The molecule has 1 aromatic heterocycles. The van der Waals surface area contributed by atoms with Gasteiger partial charge in [-0.3, -0.25) is 0 Å². The highest BCUT2D eigenvalue weighted by molar-refractivity contribution is 7.11. The van der Waals surface area contributed by atoms with Crippen molar-refractivity contribution in [3.63, 3.8) is 0 Å². The highest BCUT2D eigenvalue weighted by Gasteiger charge is 2.36. The Labute approximate surface area is 135 Å². The van der Waals surface area contributed by atoms with E-state index in [4.69, 9.17) is 4.74 Å². The second-order valence-electron chi connectivity index (χ2n) is 6.30. The maximum absolute atomic E-state index is 12.4. The van der Waals surface area contributed by atoms with E-state index >= 15 is 0 Å². The summed E-state index contributed by atoms with van der Waals surface area (Å²) < 4.78 is 5.77. The predicted molar refractivity (Wildman–Crippen MR) is 84.9 cm³/mol. The Morgan fingerprint density at radius 3 is 2.95 bits per heavy atom. The van der Waals surface area contributed by atoms with E-state index in [0.717, 1.165) is 48.9 Å². The van der Waals surface area contributed by atoms with E-state index < -0.39 is 0 Å². The maximum atomic E-state index is 12.4. The summed E-state index contributed by atoms with van der Waals surface area (Å²) in [5, 5.41) is 13.2. The predicted octanol–water partition coefficient (Wildman–Crippen LogP) is 2.51. The number of hydrogen-bond donors (Lipinski definition) is 1. The lowest BCUT2D eigenvalue weighted by atomic mass is 10.1. The molecule has 7 heteroatoms. The minimum atomic E-state index is -0.000651. The molecule has 0 radical (unpaired) electrons. The molecular formula is C15H24N4O2S. The second-order valence-corrected chi connectivity index (χ2v) is 7.40. The molecule has 2 fully saturated rings. The van der Waals surface area contributed by atoms with Crippen LogP contribution < -0.4 is 5.32 Å². The van der Waals surface area contributed by atoms with Crippen molar-refractivity contribution in [1.82, 2.24) is 20.4 Å². The minimum Gasteiger partial charge on any atom is -0.376 e. The van der Waals surface area contributed by atoms with Gasteiger partial charge >= 0.3 is 6.03 Å². The summed E-state index contributed by atoms with van der Waals surface area (Å²) in [5.41, 5.74) is 0. The summed E-state index contributed by atoms with van der Waals surface area (Å²) in [6, 6.07) is 0.238. The Morgan fingerprint density at radius 2 is 2.27 bits per heavy atom. The summed E-state index contributed by atoms with van der Waals surface area (Å²) in [5.74, 6) is 0.379. The van der Waals surface area contributed by atoms with Crippen molar-refractivity contribution in [2.24, 2.45) is 0 Å². The molecular weight excluding hydrogens is 300 g/mol. The fourth-order valence-corrected chi connectivity index (χ4v) is 3.95. The van der Waals surface area contributed by atoms with Crippen molar-refractivity contribution in [1.29, 1.82) is 0 Å². The number of nitrogens with zero attached hydrogens (tertiary/aromatic N) is 3. The van der Waals surface area contributed by atoms with Crippen molar-refractivity contribution in [3.8, 4) is 0 Å². The molecule has 22 heavy (non-hydrogen) atoms. The van der Waals surface area contributed by atoms with E-state index in [1.165, 1.54) is 0 Å². The molecule has 0 aliphatic carbocycles. The fourth-order valence-electron chi connectivity index (χ4n) is 3.16. The van der Waals surface area contributed by atoms with Crippen LogP contribution in [0.4, 0.5) is 4.79 Å².